The number of benzene rings is 2. The van der Waals surface area contributed by atoms with Gasteiger partial charge in [0, 0.05) is 48.8 Å². The third kappa shape index (κ3) is 15.6. The number of nitrogens with zero attached hydrogens (tertiary/aromatic N) is 10. The number of carboxylic acids is 2. The van der Waals surface area contributed by atoms with Crippen molar-refractivity contribution in [1.29, 1.82) is 0 Å². The van der Waals surface area contributed by atoms with Gasteiger partial charge in [0.1, 0.15) is 48.1 Å². The third-order valence-electron chi connectivity index (χ3n) is 20.0. The van der Waals surface area contributed by atoms with Crippen LogP contribution in [-0.4, -0.2) is 203 Å². The van der Waals surface area contributed by atoms with Crippen molar-refractivity contribution in [2.45, 2.75) is 165 Å². The summed E-state index contributed by atoms with van der Waals surface area (Å²) in [7, 11) is -5.41. The van der Waals surface area contributed by atoms with Crippen molar-refractivity contribution in [2.75, 3.05) is 50.7 Å². The lowest BCUT2D eigenvalue weighted by Gasteiger charge is -2.52. The molecule has 6 aliphatic rings. The number of anilines is 2. The molecule has 0 radical (unpaired) electrons. The molecule has 6 aromatic rings. The largest absolute Gasteiger partial charge is 0.485 e. The number of rotatable bonds is 30. The van der Waals surface area contributed by atoms with Crippen molar-refractivity contribution >= 4 is 90.3 Å². The summed E-state index contributed by atoms with van der Waals surface area (Å²) in [5.74, 6) is -5.95. The van der Waals surface area contributed by atoms with Gasteiger partial charge >= 0.3 is 22.3 Å². The van der Waals surface area contributed by atoms with Crippen LogP contribution in [-0.2, 0) is 96.4 Å². The summed E-state index contributed by atoms with van der Waals surface area (Å²) in [6.45, 7) is 13.6. The van der Waals surface area contributed by atoms with Gasteiger partial charge in [-0.05, 0) is 140 Å². The van der Waals surface area contributed by atoms with Crippen LogP contribution in [0, 0.1) is 11.8 Å². The van der Waals surface area contributed by atoms with Gasteiger partial charge in [0.2, 0.25) is 12.4 Å². The summed E-state index contributed by atoms with van der Waals surface area (Å²) >= 11 is 1.82. The van der Waals surface area contributed by atoms with Gasteiger partial charge in [-0.3, -0.25) is 19.2 Å². The average Bonchev–Trinajstić information content (AvgIpc) is 1.26. The summed E-state index contributed by atoms with van der Waals surface area (Å²) in [6.07, 6.45) is 7.06. The summed E-state index contributed by atoms with van der Waals surface area (Å²) in [5.41, 5.74) is 19.0. The number of thiazole rings is 2. The minimum atomic E-state index is -5.41. The van der Waals surface area contributed by atoms with Crippen LogP contribution in [0.25, 0.3) is 22.3 Å². The number of carboxylic acid groups (broad SMARTS) is 2. The van der Waals surface area contributed by atoms with E-state index in [-0.39, 0.29) is 47.6 Å². The molecule has 39 heteroatoms. The van der Waals surface area contributed by atoms with Crippen LogP contribution in [0.3, 0.4) is 0 Å². The summed E-state index contributed by atoms with van der Waals surface area (Å²) in [5, 5.41) is 65.6. The molecule has 4 aromatic heterocycles. The Bertz CT molecular complexity index is 4240. The highest BCUT2D eigenvalue weighted by molar-refractivity contribution is 7.81. The molecule has 4 fully saturated rings. The molecule has 36 nitrogen and oxygen atoms in total. The number of amides is 4. The van der Waals surface area contributed by atoms with Crippen molar-refractivity contribution in [3.63, 3.8) is 0 Å². The molecule has 105 heavy (non-hydrogen) atoms. The Labute approximate surface area is 610 Å². The Morgan fingerprint density at radius 2 is 1.08 bits per heavy atom. The zero-order chi connectivity index (χ0) is 75.2. The lowest BCUT2D eigenvalue weighted by Crippen LogP contribution is -2.78. The first kappa shape index (κ1) is 75.4. The predicted octanol–water partition coefficient (Wildman–Crippen LogP) is -0.931. The number of aliphatic hydroxyl groups is 2. The van der Waals surface area contributed by atoms with Gasteiger partial charge < -0.3 is 83.8 Å². The first-order valence-electron chi connectivity index (χ1n) is 34.1. The molecule has 564 valence electrons. The van der Waals surface area contributed by atoms with E-state index in [9.17, 15) is 57.6 Å². The van der Waals surface area contributed by atoms with E-state index in [1.807, 2.05) is 58.4 Å². The molecular weight excluding hydrogens is 1430 g/mol. The fraction of sp³-hybridized carbons (Fsp3) is 0.515. The fourth-order valence-electron chi connectivity index (χ4n) is 13.5. The Morgan fingerprint density at radius 1 is 0.676 bits per heavy atom. The Morgan fingerprint density at radius 3 is 1.41 bits per heavy atom. The summed E-state index contributed by atoms with van der Waals surface area (Å²) < 4.78 is 58.3. The van der Waals surface area contributed by atoms with Crippen LogP contribution in [0.5, 0.6) is 11.5 Å². The number of hydroxylamine groups is 4. The van der Waals surface area contributed by atoms with E-state index in [0.29, 0.717) is 59.4 Å². The monoisotopic (exact) mass is 1510 g/mol. The molecule has 4 amide bonds. The van der Waals surface area contributed by atoms with Gasteiger partial charge in [0.05, 0.1) is 46.8 Å². The van der Waals surface area contributed by atoms with E-state index < -0.39 is 116 Å². The van der Waals surface area contributed by atoms with E-state index in [2.05, 4.69) is 50.9 Å². The lowest BCUT2D eigenvalue weighted by atomic mass is 9.84. The van der Waals surface area contributed by atoms with Crippen LogP contribution in [0.4, 0.5) is 10.3 Å². The molecule has 4 saturated heterocycles. The SMILES string of the molecule is CC1(C)[C@H](NC(=O)/C(=N\O[C@](C)(C(=O)O)[C@H]2CCc3cc(-c4cn(C[C@@H](O)CN)[n+](C[C@@H]5CCNC5)c4)ccc3O2)c2csc(N)n2)C(=O)N1OS(=O)(=O)ON1C(=O)[C@@H](NC(=O)/C(=N\O[C@](C)(C(=O)O)[C@H]2CCc3cc(-c4cn(C[C@@H](O)CN)[n+](C[C@@H]5CCNC5)c4)ccc3O2)c2csc(N)n2)C1(C)C. The molecule has 0 spiro atoms. The Kier molecular flexibility index (Phi) is 21.5. The van der Waals surface area contributed by atoms with E-state index >= 15 is 0 Å². The quantitative estimate of drug-likeness (QED) is 0.0112. The lowest BCUT2D eigenvalue weighted by molar-refractivity contribution is -0.780. The van der Waals surface area contributed by atoms with Gasteiger partial charge in [-0.1, -0.05) is 22.4 Å². The molecule has 0 unspecified atom stereocenters. The molecule has 10 atom stereocenters. The summed E-state index contributed by atoms with van der Waals surface area (Å²) in [4.78, 5) is 103. The van der Waals surface area contributed by atoms with E-state index in [1.54, 1.807) is 12.1 Å². The highest BCUT2D eigenvalue weighted by Gasteiger charge is 2.62. The minimum absolute atomic E-state index is 0.0164. The number of hydrogen-bond acceptors (Lipinski definition) is 28. The van der Waals surface area contributed by atoms with Gasteiger partial charge in [0.15, 0.2) is 47.0 Å². The van der Waals surface area contributed by atoms with Crippen molar-refractivity contribution in [2.24, 2.45) is 33.6 Å². The Hall–Kier alpha value is -9.29. The maximum atomic E-state index is 14.3. The minimum Gasteiger partial charge on any atom is -0.485 e. The average molecular weight is 1520 g/mol. The smallest absolute Gasteiger partial charge is 0.442 e. The number of ether oxygens (including phenoxy) is 2. The topological polar surface area (TPSA) is 500 Å². The van der Waals surface area contributed by atoms with Crippen molar-refractivity contribution in [3.8, 4) is 33.8 Å². The number of nitrogen functional groups attached to an aromatic ring is 2. The normalized spacial score (nSPS) is 23.1. The fourth-order valence-corrected chi connectivity index (χ4v) is 15.5. The zero-order valence-electron chi connectivity index (χ0n) is 58.4. The van der Waals surface area contributed by atoms with Crippen LogP contribution >= 0.6 is 22.7 Å². The number of nitrogens with one attached hydrogen (secondary N) is 4. The molecule has 16 N–H and O–H groups in total. The van der Waals surface area contributed by atoms with E-state index in [4.69, 9.17) is 50.7 Å². The number of aromatic nitrogens is 6. The number of carbonyl (C=O) groups excluding carboxylic acids is 4. The first-order valence-corrected chi connectivity index (χ1v) is 37.2. The van der Waals surface area contributed by atoms with Crippen LogP contribution in [0.2, 0.25) is 0 Å². The molecule has 0 saturated carbocycles. The molecule has 0 aliphatic carbocycles. The number of oxime groups is 2. The Balaban J connectivity index is 0.675. The zero-order valence-corrected chi connectivity index (χ0v) is 60.8. The number of β-lactam (4-membered cyclic amide) rings is 2. The maximum absolute atomic E-state index is 14.3. The van der Waals surface area contributed by atoms with Crippen LogP contribution in [0.1, 0.15) is 89.7 Å². The number of hydrogen-bond donors (Lipinski definition) is 12. The number of aryl methyl sites for hydroxylation is 2. The molecular formula is C66H86N18O18S3+2. The van der Waals surface area contributed by atoms with Crippen molar-refractivity contribution < 1.29 is 94.7 Å². The van der Waals surface area contributed by atoms with Crippen LogP contribution < -0.4 is 63.0 Å². The third-order valence-corrected chi connectivity index (χ3v) is 22.0. The molecule has 0 bridgehead atoms. The van der Waals surface area contributed by atoms with Crippen molar-refractivity contribution in [1.82, 2.24) is 50.7 Å². The summed E-state index contributed by atoms with van der Waals surface area (Å²) in [6, 6.07) is 7.91. The standard InChI is InChI=1S/C66H84N18O18S3/c1-63(2)53(75-55(87)51(45-33-103-61(69)73-45)77-99-65(5,59(91)92)49-13-9-39-19-37(7-11-47(39)97-49)41-27-79(25-35-15-17-71-23-35)81(29-41)31-43(85)21-67)57(89)83(63)101-105(95,96)102-84-58(90)54(64(84,3)4)76-56(88)52(46-34-104-62(70)74-46)78-100-66(6,60(93)94)50-14-10-40-20-38(8-12-48(40)98-50)42-28-80(26-36-16-18-72-24-36)82(30-42)32-44(86)22-68/h7-8,11-12,19-20,27-30,33-36,43-44,49-50,53-54,71-72,85-86H,9-10,13-18,21-26,31-32,67-68H2,1-6H3,(H6-2,69,70,73,74,75,76,87,88,91,92,93,94)/p+2/b77-51-,78-52-/t35-,36-,43+,44+,49-,50-,53-,54-,65+,66+/m1/s1. The van der Waals surface area contributed by atoms with Gasteiger partial charge in [0.25, 0.3) is 34.8 Å². The highest BCUT2D eigenvalue weighted by Crippen LogP contribution is 2.41. The number of aliphatic carboxylic acids is 2. The van der Waals surface area contributed by atoms with Gasteiger partial charge in [-0.25, -0.2) is 19.6 Å². The van der Waals surface area contributed by atoms with Crippen molar-refractivity contribution in [3.05, 3.63) is 94.5 Å². The molecule has 6 aliphatic heterocycles. The molecule has 12 rings (SSSR count). The maximum Gasteiger partial charge on any atom is 0.442 e. The van der Waals surface area contributed by atoms with Crippen LogP contribution in [0.15, 0.2) is 82.3 Å². The number of fused-ring (bicyclic) bond motifs is 2. The van der Waals surface area contributed by atoms with Gasteiger partial charge in [-0.2, -0.15) is 27.9 Å². The molecule has 10 heterocycles. The highest BCUT2D eigenvalue weighted by atomic mass is 32.3. The van der Waals surface area contributed by atoms with Gasteiger partial charge in [-0.15, -0.1) is 40.6 Å². The second-order valence-electron chi connectivity index (χ2n) is 28.3. The predicted molar refractivity (Wildman–Crippen MR) is 375 cm³/mol. The second kappa shape index (κ2) is 29.9. The second-order valence-corrected chi connectivity index (χ2v) is 31.2. The molecule has 2 aromatic carbocycles. The first-order chi connectivity index (χ1) is 49.8. The van der Waals surface area contributed by atoms with E-state index in [0.717, 1.165) is 108 Å². The number of aliphatic hydroxyl groups excluding tert-OH is 2. The number of carbonyl (C=O) groups is 6. The van der Waals surface area contributed by atoms with E-state index in [1.165, 1.54) is 52.3 Å². The number of nitrogens with two attached hydrogens (primary N) is 4.